The smallest absolute Gasteiger partial charge is 0.427 e. The van der Waals surface area contributed by atoms with Crippen molar-refractivity contribution < 1.29 is 33.3 Å². The molecule has 3 N–H and O–H groups in total. The van der Waals surface area contributed by atoms with E-state index in [2.05, 4.69) is 5.09 Å². The van der Waals surface area contributed by atoms with Gasteiger partial charge in [-0.3, -0.25) is 5.09 Å². The van der Waals surface area contributed by atoms with E-state index < -0.39 is 7.75 Å². The van der Waals surface area contributed by atoms with Crippen molar-refractivity contribution in [3.05, 3.63) is 41.5 Å². The van der Waals surface area contributed by atoms with Crippen molar-refractivity contribution >= 4 is 25.6 Å². The summed E-state index contributed by atoms with van der Waals surface area (Å²) < 4.78 is 32.3. The lowest BCUT2D eigenvalue weighted by Gasteiger charge is -2.13. The van der Waals surface area contributed by atoms with Crippen molar-refractivity contribution in [2.45, 2.75) is 0 Å². The van der Waals surface area contributed by atoms with Crippen LogP contribution in [0.1, 0.15) is 11.1 Å². The molecule has 27 heavy (non-hydrogen) atoms. The third kappa shape index (κ3) is 5.40. The fourth-order valence-electron chi connectivity index (χ4n) is 2.46. The number of methoxy groups -OCH3 is 4. The van der Waals surface area contributed by atoms with Gasteiger partial charge in [0.1, 0.15) is 5.75 Å². The van der Waals surface area contributed by atoms with Crippen LogP contribution in [0.4, 0.5) is 5.69 Å². The molecule has 146 valence electrons. The van der Waals surface area contributed by atoms with Crippen LogP contribution < -0.4 is 24.0 Å². The monoisotopic (exact) mass is 395 g/mol. The molecule has 0 bridgehead atoms. The van der Waals surface area contributed by atoms with E-state index in [1.807, 2.05) is 6.08 Å². The molecule has 2 aromatic rings. The Balaban J connectivity index is 2.37. The van der Waals surface area contributed by atoms with Gasteiger partial charge in [0.05, 0.1) is 34.1 Å². The SMILES string of the molecule is COc1ccc(C=Cc2cc(OC)c(OC)c(OC)c2)cc1NP(=O)(O)O. The number of nitrogens with one attached hydrogen (secondary N) is 1. The van der Waals surface area contributed by atoms with Gasteiger partial charge in [0.15, 0.2) is 11.5 Å². The first-order valence-electron chi connectivity index (χ1n) is 7.81. The molecule has 0 unspecified atom stereocenters. The van der Waals surface area contributed by atoms with Gasteiger partial charge in [-0.05, 0) is 35.4 Å². The second-order valence-corrected chi connectivity index (χ2v) is 6.72. The van der Waals surface area contributed by atoms with Crippen molar-refractivity contribution in [3.63, 3.8) is 0 Å². The van der Waals surface area contributed by atoms with Gasteiger partial charge in [0.25, 0.3) is 0 Å². The number of benzene rings is 2. The van der Waals surface area contributed by atoms with Crippen LogP contribution in [-0.2, 0) is 4.57 Å². The molecule has 0 aliphatic carbocycles. The lowest BCUT2D eigenvalue weighted by molar-refractivity contribution is 0.324. The Morgan fingerprint density at radius 1 is 0.815 bits per heavy atom. The summed E-state index contributed by atoms with van der Waals surface area (Å²) in [7, 11) is 1.57. The van der Waals surface area contributed by atoms with Gasteiger partial charge < -0.3 is 28.7 Å². The Morgan fingerprint density at radius 3 is 1.85 bits per heavy atom. The van der Waals surface area contributed by atoms with Gasteiger partial charge in [-0.1, -0.05) is 18.2 Å². The number of hydrogen-bond donors (Lipinski definition) is 3. The molecular formula is C18H22NO7P. The van der Waals surface area contributed by atoms with Gasteiger partial charge >= 0.3 is 7.75 Å². The van der Waals surface area contributed by atoms with Gasteiger partial charge in [0.2, 0.25) is 5.75 Å². The molecule has 0 aliphatic rings. The Labute approximate surface area is 157 Å². The summed E-state index contributed by atoms with van der Waals surface area (Å²) >= 11 is 0. The Hall–Kier alpha value is -2.67. The maximum absolute atomic E-state index is 11.2. The molecule has 0 saturated heterocycles. The third-order valence-corrected chi connectivity index (χ3v) is 4.18. The van der Waals surface area contributed by atoms with E-state index in [4.69, 9.17) is 28.7 Å². The molecule has 0 amide bonds. The third-order valence-electron chi connectivity index (χ3n) is 3.64. The van der Waals surface area contributed by atoms with Gasteiger partial charge in [0, 0.05) is 0 Å². The van der Waals surface area contributed by atoms with E-state index in [1.165, 1.54) is 28.4 Å². The quantitative estimate of drug-likeness (QED) is 0.461. The van der Waals surface area contributed by atoms with Crippen LogP contribution in [0.5, 0.6) is 23.0 Å². The van der Waals surface area contributed by atoms with Crippen molar-refractivity contribution in [2.24, 2.45) is 0 Å². The van der Waals surface area contributed by atoms with E-state index in [1.54, 1.807) is 36.4 Å². The number of rotatable bonds is 8. The zero-order valence-corrected chi connectivity index (χ0v) is 16.3. The van der Waals surface area contributed by atoms with E-state index >= 15 is 0 Å². The van der Waals surface area contributed by atoms with Crippen LogP contribution in [0.25, 0.3) is 12.2 Å². The largest absolute Gasteiger partial charge is 0.495 e. The predicted octanol–water partition coefficient (Wildman–Crippen LogP) is 3.40. The highest BCUT2D eigenvalue weighted by atomic mass is 31.2. The molecule has 0 aromatic heterocycles. The Kier molecular flexibility index (Phi) is 6.74. The lowest BCUT2D eigenvalue weighted by atomic mass is 10.1. The second kappa shape index (κ2) is 8.81. The highest BCUT2D eigenvalue weighted by Gasteiger charge is 2.16. The first-order chi connectivity index (χ1) is 12.8. The maximum atomic E-state index is 11.2. The summed E-state index contributed by atoms with van der Waals surface area (Å²) in [5.41, 5.74) is 1.70. The molecule has 2 rings (SSSR count). The molecular weight excluding hydrogens is 373 g/mol. The Bertz CT molecular complexity index is 851. The topological polar surface area (TPSA) is 106 Å². The summed E-state index contributed by atoms with van der Waals surface area (Å²) in [5.74, 6) is 1.86. The van der Waals surface area contributed by atoms with Crippen LogP contribution in [-0.4, -0.2) is 38.2 Å². The zero-order chi connectivity index (χ0) is 20.0. The van der Waals surface area contributed by atoms with Crippen molar-refractivity contribution in [1.82, 2.24) is 0 Å². The second-order valence-electron chi connectivity index (χ2n) is 5.41. The van der Waals surface area contributed by atoms with Crippen molar-refractivity contribution in [1.29, 1.82) is 0 Å². The summed E-state index contributed by atoms with van der Waals surface area (Å²) in [4.78, 5) is 18.3. The molecule has 0 saturated carbocycles. The van der Waals surface area contributed by atoms with E-state index in [0.717, 1.165) is 5.56 Å². The minimum atomic E-state index is -4.46. The lowest BCUT2D eigenvalue weighted by Crippen LogP contribution is -1.98. The first kappa shape index (κ1) is 20.6. The summed E-state index contributed by atoms with van der Waals surface area (Å²) in [6.07, 6.45) is 3.60. The highest BCUT2D eigenvalue weighted by molar-refractivity contribution is 7.53. The molecule has 0 aliphatic heterocycles. The molecule has 2 aromatic carbocycles. The fraction of sp³-hybridized carbons (Fsp3) is 0.222. The van der Waals surface area contributed by atoms with Gasteiger partial charge in [-0.15, -0.1) is 0 Å². The number of hydrogen-bond acceptors (Lipinski definition) is 5. The van der Waals surface area contributed by atoms with Crippen molar-refractivity contribution in [2.75, 3.05) is 33.5 Å². The molecule has 9 heteroatoms. The standard InChI is InChI=1S/C18H22NO7P/c1-23-15-8-7-12(9-14(15)19-27(20,21)22)5-6-13-10-16(24-2)18(26-4)17(11-13)25-3/h5-11H,1-4H3,(H3,19,20,21,22). The normalized spacial score (nSPS) is 11.3. The van der Waals surface area contributed by atoms with Gasteiger partial charge in [-0.2, -0.15) is 0 Å². The molecule has 8 nitrogen and oxygen atoms in total. The van der Waals surface area contributed by atoms with Crippen LogP contribution in [0.15, 0.2) is 30.3 Å². The van der Waals surface area contributed by atoms with E-state index in [0.29, 0.717) is 28.6 Å². The van der Waals surface area contributed by atoms with Crippen LogP contribution >= 0.6 is 7.75 Å². The van der Waals surface area contributed by atoms with E-state index in [9.17, 15) is 4.57 Å². The predicted molar refractivity (Wildman–Crippen MR) is 104 cm³/mol. The van der Waals surface area contributed by atoms with Crippen LogP contribution in [0, 0.1) is 0 Å². The van der Waals surface area contributed by atoms with Crippen molar-refractivity contribution in [3.8, 4) is 23.0 Å². The van der Waals surface area contributed by atoms with Gasteiger partial charge in [-0.25, -0.2) is 4.57 Å². The van der Waals surface area contributed by atoms with Crippen LogP contribution in [0.2, 0.25) is 0 Å². The average Bonchev–Trinajstić information content (AvgIpc) is 2.64. The minimum absolute atomic E-state index is 0.192. The maximum Gasteiger partial charge on any atom is 0.427 e. The summed E-state index contributed by atoms with van der Waals surface area (Å²) in [5, 5.41) is 2.14. The zero-order valence-electron chi connectivity index (χ0n) is 15.4. The molecule has 0 radical (unpaired) electrons. The first-order valence-corrected chi connectivity index (χ1v) is 9.42. The van der Waals surface area contributed by atoms with Crippen LogP contribution in [0.3, 0.4) is 0 Å². The highest BCUT2D eigenvalue weighted by Crippen LogP contribution is 2.40. The molecule has 0 atom stereocenters. The molecule has 0 fully saturated rings. The summed E-state index contributed by atoms with van der Waals surface area (Å²) in [6, 6.07) is 8.53. The van der Waals surface area contributed by atoms with E-state index in [-0.39, 0.29) is 5.69 Å². The average molecular weight is 395 g/mol. The number of ether oxygens (including phenoxy) is 4. The molecule has 0 heterocycles. The minimum Gasteiger partial charge on any atom is -0.495 e. The number of anilines is 1. The Morgan fingerprint density at radius 2 is 1.37 bits per heavy atom. The molecule has 0 spiro atoms. The fourth-order valence-corrected chi connectivity index (χ4v) is 2.95. The summed E-state index contributed by atoms with van der Waals surface area (Å²) in [6.45, 7) is 0.